The molecule has 3 nitrogen and oxygen atoms in total. The molecule has 1 atom stereocenters. The summed E-state index contributed by atoms with van der Waals surface area (Å²) in [5, 5.41) is 14.5. The van der Waals surface area contributed by atoms with Gasteiger partial charge < -0.3 is 10.4 Å². The van der Waals surface area contributed by atoms with Gasteiger partial charge in [-0.1, -0.05) is 32.8 Å². The van der Waals surface area contributed by atoms with Crippen LogP contribution in [-0.4, -0.2) is 17.1 Å². The number of carbonyl (C=O) groups is 1. The van der Waals surface area contributed by atoms with Crippen LogP contribution >= 0.6 is 11.3 Å². The van der Waals surface area contributed by atoms with Crippen molar-refractivity contribution in [2.24, 2.45) is 0 Å². The first-order valence-corrected chi connectivity index (χ1v) is 7.56. The molecule has 1 unspecified atom stereocenters. The molecule has 0 saturated carbocycles. The monoisotopic (exact) mass is 269 g/mol. The molecule has 0 spiro atoms. The van der Waals surface area contributed by atoms with Crippen molar-refractivity contribution in [1.29, 1.82) is 0 Å². The van der Waals surface area contributed by atoms with Gasteiger partial charge in [-0.25, -0.2) is 0 Å². The van der Waals surface area contributed by atoms with Crippen LogP contribution < -0.4 is 5.32 Å². The second-order valence-corrected chi connectivity index (χ2v) is 5.59. The van der Waals surface area contributed by atoms with Gasteiger partial charge in [0.15, 0.2) is 0 Å². The zero-order valence-corrected chi connectivity index (χ0v) is 12.0. The van der Waals surface area contributed by atoms with Crippen LogP contribution in [0.2, 0.25) is 0 Å². The minimum absolute atomic E-state index is 0.0504. The third-order valence-corrected chi connectivity index (χ3v) is 3.96. The van der Waals surface area contributed by atoms with Gasteiger partial charge in [-0.3, -0.25) is 4.79 Å². The molecule has 0 fully saturated rings. The summed E-state index contributed by atoms with van der Waals surface area (Å²) in [6.07, 6.45) is 4.62. The van der Waals surface area contributed by atoms with E-state index in [1.165, 1.54) is 0 Å². The van der Waals surface area contributed by atoms with Crippen molar-refractivity contribution in [3.05, 3.63) is 22.4 Å². The van der Waals surface area contributed by atoms with Crippen molar-refractivity contribution >= 4 is 17.3 Å². The number of rotatable bonds is 9. The maximum atomic E-state index is 11.0. The molecule has 1 heterocycles. The predicted molar refractivity (Wildman–Crippen MR) is 76.1 cm³/mol. The molecule has 4 heteroatoms. The Hall–Kier alpha value is -0.870. The highest BCUT2D eigenvalue weighted by molar-refractivity contribution is 7.10. The zero-order valence-electron chi connectivity index (χ0n) is 11.2. The Bertz CT molecular complexity index is 332. The van der Waals surface area contributed by atoms with Crippen LogP contribution in [0.3, 0.4) is 0 Å². The Morgan fingerprint density at radius 2 is 2.06 bits per heavy atom. The van der Waals surface area contributed by atoms with Gasteiger partial charge in [0.1, 0.15) is 0 Å². The summed E-state index contributed by atoms with van der Waals surface area (Å²) < 4.78 is 0. The molecule has 0 aliphatic heterocycles. The molecule has 1 aromatic rings. The molecule has 0 aliphatic rings. The summed E-state index contributed by atoms with van der Waals surface area (Å²) in [5.41, 5.74) is 0. The van der Waals surface area contributed by atoms with Crippen molar-refractivity contribution in [3.63, 3.8) is 0 Å². The lowest BCUT2D eigenvalue weighted by Gasteiger charge is -2.23. The van der Waals surface area contributed by atoms with Gasteiger partial charge in [-0.2, -0.15) is 0 Å². The SMILES string of the molecule is CCCC(CCC)NC(CC(=O)O)c1cccs1. The number of thiophene rings is 1. The first-order chi connectivity index (χ1) is 8.67. The zero-order chi connectivity index (χ0) is 13.4. The van der Waals surface area contributed by atoms with Gasteiger partial charge in [0.05, 0.1) is 12.5 Å². The summed E-state index contributed by atoms with van der Waals surface area (Å²) >= 11 is 1.63. The largest absolute Gasteiger partial charge is 0.481 e. The van der Waals surface area contributed by atoms with Gasteiger partial charge in [0, 0.05) is 10.9 Å². The second-order valence-electron chi connectivity index (χ2n) is 4.61. The summed E-state index contributed by atoms with van der Waals surface area (Å²) in [6.45, 7) is 4.34. The fourth-order valence-corrected chi connectivity index (χ4v) is 2.99. The van der Waals surface area contributed by atoms with Crippen molar-refractivity contribution in [3.8, 4) is 0 Å². The summed E-state index contributed by atoms with van der Waals surface area (Å²) in [4.78, 5) is 12.1. The van der Waals surface area contributed by atoms with Gasteiger partial charge in [0.25, 0.3) is 0 Å². The smallest absolute Gasteiger partial charge is 0.305 e. The topological polar surface area (TPSA) is 49.3 Å². The number of hydrogen-bond donors (Lipinski definition) is 2. The molecule has 18 heavy (non-hydrogen) atoms. The number of carboxylic acids is 1. The van der Waals surface area contributed by atoms with Crippen LogP contribution in [0.15, 0.2) is 17.5 Å². The van der Waals surface area contributed by atoms with E-state index in [9.17, 15) is 4.79 Å². The number of hydrogen-bond acceptors (Lipinski definition) is 3. The third-order valence-electron chi connectivity index (χ3n) is 2.98. The van der Waals surface area contributed by atoms with Crippen LogP contribution in [0.4, 0.5) is 0 Å². The van der Waals surface area contributed by atoms with E-state index in [4.69, 9.17) is 5.11 Å². The maximum absolute atomic E-state index is 11.0. The molecular formula is C14H23NO2S. The molecule has 0 saturated heterocycles. The van der Waals surface area contributed by atoms with Gasteiger partial charge in [-0.15, -0.1) is 11.3 Å². The summed E-state index contributed by atoms with van der Waals surface area (Å²) in [5.74, 6) is -0.743. The van der Waals surface area contributed by atoms with Crippen LogP contribution in [0.25, 0.3) is 0 Å². The van der Waals surface area contributed by atoms with Crippen molar-refractivity contribution < 1.29 is 9.90 Å². The number of carboxylic acid groups (broad SMARTS) is 1. The molecule has 0 aliphatic carbocycles. The van der Waals surface area contributed by atoms with Crippen molar-refractivity contribution in [2.45, 2.75) is 58.0 Å². The number of aliphatic carboxylic acids is 1. The summed E-state index contributed by atoms with van der Waals surface area (Å²) in [6, 6.07) is 4.36. The lowest BCUT2D eigenvalue weighted by Crippen LogP contribution is -2.33. The molecule has 2 N–H and O–H groups in total. The van der Waals surface area contributed by atoms with E-state index in [-0.39, 0.29) is 12.5 Å². The van der Waals surface area contributed by atoms with E-state index in [1.807, 2.05) is 17.5 Å². The van der Waals surface area contributed by atoms with Crippen LogP contribution in [-0.2, 0) is 4.79 Å². The molecule has 1 aromatic heterocycles. The van der Waals surface area contributed by atoms with E-state index in [2.05, 4.69) is 19.2 Å². The van der Waals surface area contributed by atoms with Gasteiger partial charge in [-0.05, 0) is 24.3 Å². The van der Waals surface area contributed by atoms with E-state index >= 15 is 0 Å². The quantitative estimate of drug-likeness (QED) is 0.716. The van der Waals surface area contributed by atoms with Crippen LogP contribution in [0.1, 0.15) is 56.9 Å². The molecule has 0 aromatic carbocycles. The highest BCUT2D eigenvalue weighted by atomic mass is 32.1. The Kier molecular flexibility index (Phi) is 6.98. The standard InChI is InChI=1S/C14H23NO2S/c1-3-6-11(7-4-2)15-12(10-14(16)17)13-8-5-9-18-13/h5,8-9,11-12,15H,3-4,6-7,10H2,1-2H3,(H,16,17). The minimum atomic E-state index is -0.743. The lowest BCUT2D eigenvalue weighted by molar-refractivity contribution is -0.137. The Balaban J connectivity index is 2.67. The lowest BCUT2D eigenvalue weighted by atomic mass is 10.0. The Morgan fingerprint density at radius 3 is 2.50 bits per heavy atom. The predicted octanol–water partition coefficient (Wildman–Crippen LogP) is 3.82. The van der Waals surface area contributed by atoms with Crippen LogP contribution in [0.5, 0.6) is 0 Å². The molecule has 0 radical (unpaired) electrons. The molecule has 1 rings (SSSR count). The molecule has 102 valence electrons. The third kappa shape index (κ3) is 5.19. The Labute approximate surface area is 113 Å². The summed E-state index contributed by atoms with van der Waals surface area (Å²) in [7, 11) is 0. The second kappa shape index (κ2) is 8.27. The fraction of sp³-hybridized carbons (Fsp3) is 0.643. The first kappa shape index (κ1) is 15.2. The molecular weight excluding hydrogens is 246 g/mol. The first-order valence-electron chi connectivity index (χ1n) is 6.68. The average molecular weight is 269 g/mol. The van der Waals surface area contributed by atoms with E-state index in [0.717, 1.165) is 30.6 Å². The van der Waals surface area contributed by atoms with E-state index in [1.54, 1.807) is 11.3 Å². The van der Waals surface area contributed by atoms with Crippen molar-refractivity contribution in [1.82, 2.24) is 5.32 Å². The van der Waals surface area contributed by atoms with E-state index < -0.39 is 5.97 Å². The fourth-order valence-electron chi connectivity index (χ4n) is 2.20. The maximum Gasteiger partial charge on any atom is 0.305 e. The van der Waals surface area contributed by atoms with Gasteiger partial charge >= 0.3 is 5.97 Å². The van der Waals surface area contributed by atoms with Crippen molar-refractivity contribution in [2.75, 3.05) is 0 Å². The minimum Gasteiger partial charge on any atom is -0.481 e. The molecule has 0 bridgehead atoms. The highest BCUT2D eigenvalue weighted by Gasteiger charge is 2.19. The van der Waals surface area contributed by atoms with Gasteiger partial charge in [0.2, 0.25) is 0 Å². The Morgan fingerprint density at radius 1 is 1.39 bits per heavy atom. The van der Waals surface area contributed by atoms with E-state index in [0.29, 0.717) is 6.04 Å². The molecule has 0 amide bonds. The highest BCUT2D eigenvalue weighted by Crippen LogP contribution is 2.24. The number of nitrogens with one attached hydrogen (secondary N) is 1. The average Bonchev–Trinajstić information content (AvgIpc) is 2.81. The normalized spacial score (nSPS) is 12.8. The van der Waals surface area contributed by atoms with Crippen LogP contribution in [0, 0.1) is 0 Å².